The maximum absolute atomic E-state index is 13.4. The highest BCUT2D eigenvalue weighted by Gasteiger charge is 2.43. The minimum absolute atomic E-state index is 0.0474. The summed E-state index contributed by atoms with van der Waals surface area (Å²) >= 11 is 6.60. The fourth-order valence-corrected chi connectivity index (χ4v) is 5.47. The standard InChI is InChI=1S/C25H25N3O3S2/c1-3-16(2)28-24(31)22(33-25(28)32)21-18-11-7-8-12-19(18)27(23(21)30)15-20(29)26-14-13-17-9-5-4-6-10-17/h4-12,16H,3,13-15H2,1-2H3,(H,26,29)/b22-21-/t16-/m0/s1. The van der Waals surface area contributed by atoms with Crippen LogP contribution in [0, 0.1) is 0 Å². The van der Waals surface area contributed by atoms with E-state index in [4.69, 9.17) is 12.2 Å². The van der Waals surface area contributed by atoms with Gasteiger partial charge < -0.3 is 5.32 Å². The van der Waals surface area contributed by atoms with Gasteiger partial charge in [0.15, 0.2) is 0 Å². The minimum Gasteiger partial charge on any atom is -0.354 e. The molecule has 1 atom stereocenters. The van der Waals surface area contributed by atoms with E-state index in [1.54, 1.807) is 11.0 Å². The van der Waals surface area contributed by atoms with Gasteiger partial charge in [0.1, 0.15) is 10.9 Å². The van der Waals surface area contributed by atoms with Gasteiger partial charge in [0.2, 0.25) is 5.91 Å². The van der Waals surface area contributed by atoms with Crippen LogP contribution in [0.3, 0.4) is 0 Å². The number of benzene rings is 2. The second-order valence-electron chi connectivity index (χ2n) is 8.00. The van der Waals surface area contributed by atoms with Crippen molar-refractivity contribution in [3.05, 3.63) is 70.6 Å². The van der Waals surface area contributed by atoms with Crippen molar-refractivity contribution in [1.82, 2.24) is 10.2 Å². The van der Waals surface area contributed by atoms with Gasteiger partial charge in [0, 0.05) is 18.2 Å². The number of hydrogen-bond acceptors (Lipinski definition) is 5. The van der Waals surface area contributed by atoms with Gasteiger partial charge in [0.25, 0.3) is 11.8 Å². The Morgan fingerprint density at radius 3 is 2.48 bits per heavy atom. The van der Waals surface area contributed by atoms with E-state index < -0.39 is 0 Å². The normalized spacial score (nSPS) is 18.7. The van der Waals surface area contributed by atoms with Crippen molar-refractivity contribution in [2.45, 2.75) is 32.7 Å². The van der Waals surface area contributed by atoms with Gasteiger partial charge in [-0.05, 0) is 31.4 Å². The summed E-state index contributed by atoms with van der Waals surface area (Å²) in [6.45, 7) is 4.30. The van der Waals surface area contributed by atoms with Crippen LogP contribution in [0.15, 0.2) is 59.5 Å². The summed E-state index contributed by atoms with van der Waals surface area (Å²) in [6, 6.07) is 17.1. The van der Waals surface area contributed by atoms with Crippen molar-refractivity contribution in [3.8, 4) is 0 Å². The van der Waals surface area contributed by atoms with E-state index in [9.17, 15) is 14.4 Å². The third-order valence-corrected chi connectivity index (χ3v) is 7.26. The van der Waals surface area contributed by atoms with Gasteiger partial charge in [0.05, 0.1) is 16.2 Å². The smallest absolute Gasteiger partial charge is 0.267 e. The molecular formula is C25H25N3O3S2. The van der Waals surface area contributed by atoms with Crippen molar-refractivity contribution < 1.29 is 14.4 Å². The number of rotatable bonds is 7. The molecule has 0 saturated carbocycles. The van der Waals surface area contributed by atoms with Crippen LogP contribution in [-0.2, 0) is 20.8 Å². The Morgan fingerprint density at radius 2 is 1.76 bits per heavy atom. The molecule has 170 valence electrons. The number of carbonyl (C=O) groups is 3. The van der Waals surface area contributed by atoms with Crippen LogP contribution in [0.1, 0.15) is 31.4 Å². The Kier molecular flexibility index (Phi) is 6.95. The summed E-state index contributed by atoms with van der Waals surface area (Å²) in [7, 11) is 0. The summed E-state index contributed by atoms with van der Waals surface area (Å²) in [6.07, 6.45) is 1.47. The second kappa shape index (κ2) is 9.89. The monoisotopic (exact) mass is 479 g/mol. The molecule has 2 aliphatic heterocycles. The van der Waals surface area contributed by atoms with E-state index in [-0.39, 0.29) is 30.3 Å². The quantitative estimate of drug-likeness (QED) is 0.484. The fraction of sp³-hybridized carbons (Fsp3) is 0.280. The van der Waals surface area contributed by atoms with Crippen LogP contribution in [0.5, 0.6) is 0 Å². The van der Waals surface area contributed by atoms with Crippen LogP contribution in [-0.4, -0.2) is 46.1 Å². The number of hydrogen-bond donors (Lipinski definition) is 1. The average Bonchev–Trinajstić information content (AvgIpc) is 3.26. The lowest BCUT2D eigenvalue weighted by Crippen LogP contribution is -2.39. The molecule has 0 spiro atoms. The van der Waals surface area contributed by atoms with Crippen LogP contribution in [0.4, 0.5) is 5.69 Å². The van der Waals surface area contributed by atoms with Gasteiger partial charge in [-0.25, -0.2) is 0 Å². The largest absolute Gasteiger partial charge is 0.354 e. The number of fused-ring (bicyclic) bond motifs is 1. The first-order chi connectivity index (χ1) is 15.9. The number of nitrogens with one attached hydrogen (secondary N) is 1. The lowest BCUT2D eigenvalue weighted by Gasteiger charge is -2.21. The Labute approximate surface area is 203 Å². The molecule has 2 aliphatic rings. The Bertz CT molecular complexity index is 1150. The van der Waals surface area contributed by atoms with Crippen molar-refractivity contribution in [2.75, 3.05) is 18.0 Å². The Balaban J connectivity index is 1.54. The molecule has 2 heterocycles. The maximum Gasteiger partial charge on any atom is 0.267 e. The third-order valence-electron chi connectivity index (χ3n) is 5.86. The first kappa shape index (κ1) is 23.2. The summed E-state index contributed by atoms with van der Waals surface area (Å²) < 4.78 is 0.458. The zero-order valence-corrected chi connectivity index (χ0v) is 20.2. The summed E-state index contributed by atoms with van der Waals surface area (Å²) in [5.41, 5.74) is 2.74. The van der Waals surface area contributed by atoms with Crippen LogP contribution < -0.4 is 10.2 Å². The van der Waals surface area contributed by atoms with E-state index in [0.717, 1.165) is 23.7 Å². The molecule has 1 N–H and O–H groups in total. The summed E-state index contributed by atoms with van der Waals surface area (Å²) in [5, 5.41) is 2.89. The van der Waals surface area contributed by atoms with Crippen molar-refractivity contribution in [1.29, 1.82) is 0 Å². The molecule has 0 unspecified atom stereocenters. The highest BCUT2D eigenvalue weighted by atomic mass is 32.2. The molecular weight excluding hydrogens is 454 g/mol. The molecule has 0 aliphatic carbocycles. The molecule has 2 aromatic rings. The molecule has 0 aromatic heterocycles. The zero-order chi connectivity index (χ0) is 23.5. The molecule has 4 rings (SSSR count). The molecule has 6 nitrogen and oxygen atoms in total. The van der Waals surface area contributed by atoms with Crippen LogP contribution in [0.25, 0.3) is 5.57 Å². The molecule has 0 bridgehead atoms. The van der Waals surface area contributed by atoms with E-state index in [1.165, 1.54) is 4.90 Å². The van der Waals surface area contributed by atoms with Gasteiger partial charge in [-0.1, -0.05) is 79.4 Å². The predicted molar refractivity (Wildman–Crippen MR) is 136 cm³/mol. The number of carbonyl (C=O) groups excluding carboxylic acids is 3. The van der Waals surface area contributed by atoms with Gasteiger partial charge in [-0.15, -0.1) is 0 Å². The van der Waals surface area contributed by atoms with E-state index in [0.29, 0.717) is 39.0 Å². The molecule has 3 amide bonds. The van der Waals surface area contributed by atoms with Gasteiger partial charge >= 0.3 is 0 Å². The Hall–Kier alpha value is -2.97. The number of thioether (sulfide) groups is 1. The second-order valence-corrected chi connectivity index (χ2v) is 9.64. The number of nitrogens with zero attached hydrogens (tertiary/aromatic N) is 2. The average molecular weight is 480 g/mol. The number of anilines is 1. The number of amides is 3. The predicted octanol–water partition coefficient (Wildman–Crippen LogP) is 3.76. The van der Waals surface area contributed by atoms with Crippen LogP contribution in [0.2, 0.25) is 0 Å². The molecule has 0 radical (unpaired) electrons. The van der Waals surface area contributed by atoms with E-state index >= 15 is 0 Å². The first-order valence-electron chi connectivity index (χ1n) is 10.9. The van der Waals surface area contributed by atoms with Crippen molar-refractivity contribution in [3.63, 3.8) is 0 Å². The third kappa shape index (κ3) is 4.58. The molecule has 1 fully saturated rings. The first-order valence-corrected chi connectivity index (χ1v) is 12.2. The number of para-hydroxylation sites is 1. The minimum atomic E-state index is -0.348. The number of thiocarbonyl (C=S) groups is 1. The summed E-state index contributed by atoms with van der Waals surface area (Å²) in [4.78, 5) is 42.6. The van der Waals surface area contributed by atoms with Crippen LogP contribution >= 0.6 is 24.0 Å². The van der Waals surface area contributed by atoms with Crippen molar-refractivity contribution >= 4 is 57.3 Å². The zero-order valence-electron chi connectivity index (χ0n) is 18.5. The fourth-order valence-electron chi connectivity index (χ4n) is 3.94. The lowest BCUT2D eigenvalue weighted by molar-refractivity contribution is -0.123. The topological polar surface area (TPSA) is 69.7 Å². The molecule has 1 saturated heterocycles. The van der Waals surface area contributed by atoms with E-state index in [1.807, 2.05) is 62.4 Å². The van der Waals surface area contributed by atoms with Crippen molar-refractivity contribution in [2.24, 2.45) is 0 Å². The highest BCUT2D eigenvalue weighted by Crippen LogP contribution is 2.44. The molecule has 8 heteroatoms. The summed E-state index contributed by atoms with van der Waals surface area (Å²) in [5.74, 6) is -0.840. The SMILES string of the molecule is CC[C@H](C)N1C(=O)/C(=C2/C(=O)N(CC(=O)NCCc3ccccc3)c3ccccc32)SC1=S. The van der Waals surface area contributed by atoms with Gasteiger partial charge in [-0.2, -0.15) is 0 Å². The van der Waals surface area contributed by atoms with Gasteiger partial charge in [-0.3, -0.25) is 24.2 Å². The molecule has 2 aromatic carbocycles. The van der Waals surface area contributed by atoms with E-state index in [2.05, 4.69) is 5.32 Å². The lowest BCUT2D eigenvalue weighted by atomic mass is 10.1. The maximum atomic E-state index is 13.4. The Morgan fingerprint density at radius 1 is 1.06 bits per heavy atom. The highest BCUT2D eigenvalue weighted by molar-refractivity contribution is 8.26. The molecule has 33 heavy (non-hydrogen) atoms.